The molecule has 104 valence electrons. The summed E-state index contributed by atoms with van der Waals surface area (Å²) in [4.78, 5) is 16.0. The predicted octanol–water partition coefficient (Wildman–Crippen LogP) is 1.48. The minimum Gasteiger partial charge on any atom is -0.481 e. The summed E-state index contributed by atoms with van der Waals surface area (Å²) in [7, 11) is 1.56. The fourth-order valence-electron chi connectivity index (χ4n) is 1.75. The Balaban J connectivity index is 1.97. The van der Waals surface area contributed by atoms with Gasteiger partial charge in [0, 0.05) is 30.9 Å². The van der Waals surface area contributed by atoms with Gasteiger partial charge < -0.3 is 15.8 Å². The minimum atomic E-state index is -0.121. The van der Waals surface area contributed by atoms with Crippen LogP contribution in [0.2, 0.25) is 0 Å². The van der Waals surface area contributed by atoms with E-state index in [4.69, 9.17) is 10.5 Å². The summed E-state index contributed by atoms with van der Waals surface area (Å²) in [6.45, 7) is 0.898. The van der Waals surface area contributed by atoms with E-state index in [0.29, 0.717) is 24.5 Å². The number of ether oxygens (including phenoxy) is 1. The van der Waals surface area contributed by atoms with E-state index in [-0.39, 0.29) is 5.91 Å². The Labute approximate surface area is 117 Å². The summed E-state index contributed by atoms with van der Waals surface area (Å²) >= 11 is 0. The standard InChI is InChI=1S/C15H17N3O2/c1-20-14-8-12(6-7-17-14)10-18-15(19)13-4-2-11(9-16)3-5-13/h2-8H,9-10,16H2,1H3,(H,18,19). The van der Waals surface area contributed by atoms with Gasteiger partial charge >= 0.3 is 0 Å². The SMILES string of the molecule is COc1cc(CNC(=O)c2ccc(CN)cc2)ccn1. The highest BCUT2D eigenvalue weighted by Crippen LogP contribution is 2.09. The Morgan fingerprint density at radius 3 is 2.65 bits per heavy atom. The monoisotopic (exact) mass is 271 g/mol. The summed E-state index contributed by atoms with van der Waals surface area (Å²) in [5.74, 6) is 0.411. The lowest BCUT2D eigenvalue weighted by Gasteiger charge is -2.07. The molecule has 20 heavy (non-hydrogen) atoms. The van der Waals surface area contributed by atoms with E-state index in [2.05, 4.69) is 10.3 Å². The fourth-order valence-corrected chi connectivity index (χ4v) is 1.75. The van der Waals surface area contributed by atoms with Crippen LogP contribution < -0.4 is 15.8 Å². The zero-order chi connectivity index (χ0) is 14.4. The third-order valence-electron chi connectivity index (χ3n) is 2.91. The first-order valence-corrected chi connectivity index (χ1v) is 6.29. The number of aromatic nitrogens is 1. The molecular weight excluding hydrogens is 254 g/mol. The largest absolute Gasteiger partial charge is 0.481 e. The van der Waals surface area contributed by atoms with Crippen LogP contribution >= 0.6 is 0 Å². The third-order valence-corrected chi connectivity index (χ3v) is 2.91. The van der Waals surface area contributed by atoms with E-state index in [9.17, 15) is 4.79 Å². The Morgan fingerprint density at radius 1 is 1.25 bits per heavy atom. The first-order chi connectivity index (χ1) is 9.72. The Morgan fingerprint density at radius 2 is 2.00 bits per heavy atom. The molecule has 2 rings (SSSR count). The molecule has 0 spiro atoms. The smallest absolute Gasteiger partial charge is 0.251 e. The zero-order valence-corrected chi connectivity index (χ0v) is 11.3. The molecule has 0 aliphatic rings. The van der Waals surface area contributed by atoms with E-state index < -0.39 is 0 Å². The molecule has 0 atom stereocenters. The van der Waals surface area contributed by atoms with Crippen LogP contribution in [0.15, 0.2) is 42.6 Å². The molecule has 5 nitrogen and oxygen atoms in total. The first kappa shape index (κ1) is 14.0. The van der Waals surface area contributed by atoms with Gasteiger partial charge in [0.1, 0.15) is 0 Å². The molecule has 0 aliphatic heterocycles. The second-order valence-electron chi connectivity index (χ2n) is 4.29. The molecule has 1 aromatic carbocycles. The Kier molecular flexibility index (Phi) is 4.68. The van der Waals surface area contributed by atoms with E-state index >= 15 is 0 Å². The van der Waals surface area contributed by atoms with Gasteiger partial charge in [-0.15, -0.1) is 0 Å². The van der Waals surface area contributed by atoms with Gasteiger partial charge in [0.25, 0.3) is 5.91 Å². The minimum absolute atomic E-state index is 0.121. The van der Waals surface area contributed by atoms with Crippen LogP contribution in [-0.4, -0.2) is 18.0 Å². The van der Waals surface area contributed by atoms with E-state index in [0.717, 1.165) is 11.1 Å². The number of hydrogen-bond acceptors (Lipinski definition) is 4. The number of carbonyl (C=O) groups excluding carboxylic acids is 1. The molecule has 2 aromatic rings. The highest BCUT2D eigenvalue weighted by atomic mass is 16.5. The fraction of sp³-hybridized carbons (Fsp3) is 0.200. The maximum atomic E-state index is 12.0. The number of nitrogens with two attached hydrogens (primary N) is 1. The molecule has 0 saturated heterocycles. The van der Waals surface area contributed by atoms with Gasteiger partial charge in [-0.05, 0) is 29.3 Å². The lowest BCUT2D eigenvalue weighted by Crippen LogP contribution is -2.22. The van der Waals surface area contributed by atoms with Crippen LogP contribution in [-0.2, 0) is 13.1 Å². The van der Waals surface area contributed by atoms with Crippen molar-refractivity contribution in [2.45, 2.75) is 13.1 Å². The number of amides is 1. The summed E-state index contributed by atoms with van der Waals surface area (Å²) in [5.41, 5.74) is 8.07. The molecule has 1 aromatic heterocycles. The highest BCUT2D eigenvalue weighted by Gasteiger charge is 2.05. The van der Waals surface area contributed by atoms with Crippen LogP contribution in [0.1, 0.15) is 21.5 Å². The van der Waals surface area contributed by atoms with Crippen molar-refractivity contribution < 1.29 is 9.53 Å². The number of methoxy groups -OCH3 is 1. The topological polar surface area (TPSA) is 77.2 Å². The molecule has 0 bridgehead atoms. The average Bonchev–Trinajstić information content (AvgIpc) is 2.53. The maximum absolute atomic E-state index is 12.0. The summed E-state index contributed by atoms with van der Waals surface area (Å²) in [5, 5.41) is 2.85. The number of carbonyl (C=O) groups is 1. The molecular formula is C15H17N3O2. The van der Waals surface area contributed by atoms with Gasteiger partial charge in [-0.3, -0.25) is 4.79 Å². The maximum Gasteiger partial charge on any atom is 0.251 e. The molecule has 0 radical (unpaired) electrons. The number of nitrogens with one attached hydrogen (secondary N) is 1. The Hall–Kier alpha value is -2.40. The second-order valence-corrected chi connectivity index (χ2v) is 4.29. The van der Waals surface area contributed by atoms with Gasteiger partial charge in [-0.1, -0.05) is 12.1 Å². The lowest BCUT2D eigenvalue weighted by atomic mass is 10.1. The number of rotatable bonds is 5. The van der Waals surface area contributed by atoms with Crippen LogP contribution in [0.3, 0.4) is 0 Å². The van der Waals surface area contributed by atoms with Crippen molar-refractivity contribution in [1.82, 2.24) is 10.3 Å². The predicted molar refractivity (Wildman–Crippen MR) is 76.3 cm³/mol. The molecule has 0 unspecified atom stereocenters. The van der Waals surface area contributed by atoms with Crippen molar-refractivity contribution in [1.29, 1.82) is 0 Å². The van der Waals surface area contributed by atoms with Crippen molar-refractivity contribution in [2.75, 3.05) is 7.11 Å². The molecule has 5 heteroatoms. The van der Waals surface area contributed by atoms with Crippen LogP contribution in [0.4, 0.5) is 0 Å². The third kappa shape index (κ3) is 3.55. The van der Waals surface area contributed by atoms with E-state index in [1.165, 1.54) is 0 Å². The lowest BCUT2D eigenvalue weighted by molar-refractivity contribution is 0.0951. The average molecular weight is 271 g/mol. The van der Waals surface area contributed by atoms with Gasteiger partial charge in [0.15, 0.2) is 0 Å². The van der Waals surface area contributed by atoms with Crippen molar-refractivity contribution in [3.63, 3.8) is 0 Å². The summed E-state index contributed by atoms with van der Waals surface area (Å²) in [6.07, 6.45) is 1.65. The molecule has 1 amide bonds. The van der Waals surface area contributed by atoms with Gasteiger partial charge in [0.2, 0.25) is 5.88 Å². The van der Waals surface area contributed by atoms with E-state index in [1.54, 1.807) is 31.5 Å². The first-order valence-electron chi connectivity index (χ1n) is 6.29. The summed E-state index contributed by atoms with van der Waals surface area (Å²) in [6, 6.07) is 10.9. The van der Waals surface area contributed by atoms with Gasteiger partial charge in [0.05, 0.1) is 7.11 Å². The number of nitrogens with zero attached hydrogens (tertiary/aromatic N) is 1. The summed E-state index contributed by atoms with van der Waals surface area (Å²) < 4.78 is 5.04. The van der Waals surface area contributed by atoms with Crippen molar-refractivity contribution >= 4 is 5.91 Å². The van der Waals surface area contributed by atoms with Gasteiger partial charge in [-0.25, -0.2) is 4.98 Å². The van der Waals surface area contributed by atoms with Gasteiger partial charge in [-0.2, -0.15) is 0 Å². The number of hydrogen-bond donors (Lipinski definition) is 2. The normalized spacial score (nSPS) is 10.1. The molecule has 1 heterocycles. The quantitative estimate of drug-likeness (QED) is 0.863. The molecule has 0 aliphatic carbocycles. The second kappa shape index (κ2) is 6.68. The number of pyridine rings is 1. The molecule has 0 fully saturated rings. The highest BCUT2D eigenvalue weighted by molar-refractivity contribution is 5.94. The molecule has 0 saturated carbocycles. The Bertz CT molecular complexity index is 582. The van der Waals surface area contributed by atoms with Crippen molar-refractivity contribution in [3.05, 3.63) is 59.3 Å². The van der Waals surface area contributed by atoms with Crippen LogP contribution in [0.25, 0.3) is 0 Å². The van der Waals surface area contributed by atoms with Crippen LogP contribution in [0.5, 0.6) is 5.88 Å². The molecule has 3 N–H and O–H groups in total. The van der Waals surface area contributed by atoms with Crippen LogP contribution in [0, 0.1) is 0 Å². The van der Waals surface area contributed by atoms with Crippen molar-refractivity contribution in [3.8, 4) is 5.88 Å². The van der Waals surface area contributed by atoms with E-state index in [1.807, 2.05) is 18.2 Å². The van der Waals surface area contributed by atoms with Crippen molar-refractivity contribution in [2.24, 2.45) is 5.73 Å². The zero-order valence-electron chi connectivity index (χ0n) is 11.3. The number of benzene rings is 1.